The zero-order chi connectivity index (χ0) is 61.0. The highest BCUT2D eigenvalue weighted by Crippen LogP contribution is 2.67. The lowest BCUT2D eigenvalue weighted by molar-refractivity contribution is -0.156. The maximum absolute atomic E-state index is 13.6. The molecule has 7 nitrogen and oxygen atoms in total. The van der Waals surface area contributed by atoms with E-state index in [1.807, 2.05) is 82.4 Å². The first-order chi connectivity index (χ1) is 39.6. The van der Waals surface area contributed by atoms with Crippen molar-refractivity contribution in [1.29, 1.82) is 0 Å². The smallest absolute Gasteiger partial charge is 0.306 e. The Bertz CT molecular complexity index is 2470. The van der Waals surface area contributed by atoms with Crippen molar-refractivity contribution in [2.75, 3.05) is 0 Å². The molecule has 458 valence electrons. The molecule has 0 unspecified atom stereocenters. The first-order valence-corrected chi connectivity index (χ1v) is 32.0. The average molecular weight is 1140 g/mol. The van der Waals surface area contributed by atoms with Crippen LogP contribution in [-0.2, 0) is 28.6 Å². The molecular weight excluding hydrogens is 1020 g/mol. The Morgan fingerprint density at radius 3 is 1.57 bits per heavy atom. The minimum absolute atomic E-state index is 0.0642. The minimum Gasteiger partial charge on any atom is -0.462 e. The van der Waals surface area contributed by atoms with Crippen LogP contribution in [0.2, 0.25) is 0 Å². The third-order valence-corrected chi connectivity index (χ3v) is 16.4. The van der Waals surface area contributed by atoms with Gasteiger partial charge in [-0.15, -0.1) is 5.73 Å². The van der Waals surface area contributed by atoms with E-state index < -0.39 is 16.8 Å². The summed E-state index contributed by atoms with van der Waals surface area (Å²) >= 11 is 0. The Kier molecular flexibility index (Phi) is 33.4. The molecule has 7 heteroatoms. The Balaban J connectivity index is 1.37. The highest BCUT2D eigenvalue weighted by atomic mass is 16.6. The predicted octanol–water partition coefficient (Wildman–Crippen LogP) is 20.4. The van der Waals surface area contributed by atoms with Gasteiger partial charge in [0.15, 0.2) is 5.78 Å². The summed E-state index contributed by atoms with van der Waals surface area (Å²) < 4.78 is 18.4. The van der Waals surface area contributed by atoms with Crippen molar-refractivity contribution in [2.24, 2.45) is 10.8 Å². The number of ether oxygens (including phenoxy) is 3. The molecule has 1 N–H and O–H groups in total. The van der Waals surface area contributed by atoms with Gasteiger partial charge in [0.2, 0.25) is 0 Å². The number of epoxide rings is 1. The van der Waals surface area contributed by atoms with E-state index in [-0.39, 0.29) is 40.8 Å². The van der Waals surface area contributed by atoms with Crippen molar-refractivity contribution in [2.45, 2.75) is 273 Å². The second-order valence-electron chi connectivity index (χ2n) is 25.4. The SMILES string of the molecule is CC/C=C\C/C=C\C/C=C\C/C=C\C/C=C\CCCC(=O)O[C@H]1CC(C)(C)[C@]2(CC(=O)/C(C)=C/C=C/C(C)=C/C=C/C=C(C)/C=C/C=C(\C)C=C=C3C(C)(C)C[C@H](OC(=O)CCCCCCC/C=C/CCCCCC)C[C@@]3(C)O)O[C@]2(C)C1. The highest BCUT2D eigenvalue weighted by Gasteiger charge is 2.76. The number of ketones is 1. The second kappa shape index (κ2) is 38.6. The molecule has 0 aromatic carbocycles. The van der Waals surface area contributed by atoms with Crippen LogP contribution in [0.1, 0.15) is 244 Å². The first kappa shape index (κ1) is 71.9. The van der Waals surface area contributed by atoms with E-state index in [2.05, 4.69) is 146 Å². The average Bonchev–Trinajstić information content (AvgIpc) is 1.58. The quantitative estimate of drug-likeness (QED) is 0.0125. The molecule has 0 amide bonds. The van der Waals surface area contributed by atoms with Crippen LogP contribution in [0.25, 0.3) is 0 Å². The number of carbonyl (C=O) groups is 3. The predicted molar refractivity (Wildman–Crippen MR) is 351 cm³/mol. The molecule has 3 fully saturated rings. The van der Waals surface area contributed by atoms with Gasteiger partial charge in [0.25, 0.3) is 0 Å². The molecule has 5 atom stereocenters. The fourth-order valence-electron chi connectivity index (χ4n) is 11.8. The lowest BCUT2D eigenvalue weighted by Gasteiger charge is -2.44. The minimum atomic E-state index is -1.14. The summed E-state index contributed by atoms with van der Waals surface area (Å²) in [5.74, 6) is -0.264. The number of rotatable bonds is 38. The van der Waals surface area contributed by atoms with Gasteiger partial charge in [0, 0.05) is 43.1 Å². The van der Waals surface area contributed by atoms with E-state index in [1.54, 1.807) is 0 Å². The van der Waals surface area contributed by atoms with Crippen molar-refractivity contribution >= 4 is 17.7 Å². The van der Waals surface area contributed by atoms with Crippen LogP contribution in [0.15, 0.2) is 173 Å². The van der Waals surface area contributed by atoms with Crippen molar-refractivity contribution < 1.29 is 33.7 Å². The lowest BCUT2D eigenvalue weighted by atomic mass is 9.61. The summed E-state index contributed by atoms with van der Waals surface area (Å²) in [6.07, 6.45) is 70.8. The van der Waals surface area contributed by atoms with Crippen LogP contribution in [0.3, 0.4) is 0 Å². The summed E-state index contributed by atoms with van der Waals surface area (Å²) in [6, 6.07) is 0. The number of Topliss-reactive ketones (excluding diaryl/α,β-unsaturated/α-hetero) is 1. The summed E-state index contributed by atoms with van der Waals surface area (Å²) in [6.45, 7) is 24.7. The van der Waals surface area contributed by atoms with E-state index in [0.29, 0.717) is 50.5 Å². The number of unbranched alkanes of at least 4 members (excludes halogenated alkanes) is 10. The molecule has 0 bridgehead atoms. The Hall–Kier alpha value is -5.33. The lowest BCUT2D eigenvalue weighted by Crippen LogP contribution is -2.49. The fraction of sp³-hybridized carbons (Fsp3) is 0.579. The topological polar surface area (TPSA) is 102 Å². The van der Waals surface area contributed by atoms with Gasteiger partial charge in [0.05, 0.1) is 11.2 Å². The monoisotopic (exact) mass is 1140 g/mol. The molecule has 2 aliphatic carbocycles. The number of aliphatic hydroxyl groups is 1. The summed E-state index contributed by atoms with van der Waals surface area (Å²) in [5, 5.41) is 11.6. The van der Waals surface area contributed by atoms with Crippen molar-refractivity contribution in [3.8, 4) is 0 Å². The summed E-state index contributed by atoms with van der Waals surface area (Å²) in [4.78, 5) is 39.3. The number of esters is 2. The van der Waals surface area contributed by atoms with Gasteiger partial charge in [0.1, 0.15) is 17.8 Å². The normalized spacial score (nSPS) is 24.3. The molecule has 1 heterocycles. The fourth-order valence-corrected chi connectivity index (χ4v) is 11.8. The van der Waals surface area contributed by atoms with Gasteiger partial charge >= 0.3 is 11.9 Å². The number of allylic oxidation sites excluding steroid dienone is 26. The highest BCUT2D eigenvalue weighted by molar-refractivity contribution is 5.96. The third kappa shape index (κ3) is 28.0. The number of fused-ring (bicyclic) bond motifs is 1. The molecule has 3 rings (SSSR count). The van der Waals surface area contributed by atoms with Crippen LogP contribution in [-0.4, -0.2) is 51.8 Å². The Labute approximate surface area is 505 Å². The Morgan fingerprint density at radius 2 is 1.01 bits per heavy atom. The van der Waals surface area contributed by atoms with Crippen LogP contribution in [0.4, 0.5) is 0 Å². The molecular formula is C76H112O7. The molecule has 83 heavy (non-hydrogen) atoms. The van der Waals surface area contributed by atoms with E-state index in [9.17, 15) is 19.5 Å². The van der Waals surface area contributed by atoms with Gasteiger partial charge < -0.3 is 19.3 Å². The molecule has 0 aromatic rings. The third-order valence-electron chi connectivity index (χ3n) is 16.4. The second-order valence-corrected chi connectivity index (χ2v) is 25.4. The van der Waals surface area contributed by atoms with Crippen molar-refractivity contribution in [3.05, 3.63) is 173 Å². The van der Waals surface area contributed by atoms with Gasteiger partial charge in [-0.2, -0.15) is 0 Å². The van der Waals surface area contributed by atoms with E-state index in [1.165, 1.54) is 44.9 Å². The number of hydrogen-bond donors (Lipinski definition) is 1. The molecule has 1 saturated heterocycles. The Morgan fingerprint density at radius 1 is 0.542 bits per heavy atom. The zero-order valence-corrected chi connectivity index (χ0v) is 54.0. The standard InChI is InChI=1S/C76H112O7/c1-13-15-17-19-21-23-25-27-28-29-30-32-34-36-38-40-42-54-71(79)82-67-58-73(9,10)76(75(12,60-67)83-76)61-68(77)65(6)52-46-51-63(4)48-44-43-47-62(3)49-45-50-64(5)55-56-69-72(7,8)57-66(59-74(69,11)80)81-70(78)53-41-39-37-35-33-31-26-24-22-20-18-16-14-2/h15,17,21,23-24,26-28,30,32,36,38,43-52,55,66-67,80H,13-14,16,18-20,22,25,29,31,33-35,37,39-42,53-54,57-61H2,1-12H3/b17-15-,23-21-,26-24+,28-27-,32-30-,38-36-,44-43+,49-45+,51-46+,62-47+,63-48+,64-50+,65-52+/t56?,66-,67-,74+,75+,76-/m0/s1. The molecule has 0 aromatic heterocycles. The first-order valence-electron chi connectivity index (χ1n) is 32.0. The van der Waals surface area contributed by atoms with Gasteiger partial charge in [-0.05, 0) is 154 Å². The molecule has 2 saturated carbocycles. The molecule has 0 spiro atoms. The number of hydrogen-bond acceptors (Lipinski definition) is 7. The maximum atomic E-state index is 13.6. The van der Waals surface area contributed by atoms with E-state index in [0.717, 1.165) is 92.9 Å². The zero-order valence-electron chi connectivity index (χ0n) is 54.0. The number of carbonyl (C=O) groups excluding carboxylic acids is 3. The van der Waals surface area contributed by atoms with Crippen LogP contribution in [0.5, 0.6) is 0 Å². The van der Waals surface area contributed by atoms with Crippen LogP contribution in [0, 0.1) is 10.8 Å². The van der Waals surface area contributed by atoms with Gasteiger partial charge in [-0.25, -0.2) is 0 Å². The van der Waals surface area contributed by atoms with E-state index in [4.69, 9.17) is 14.2 Å². The largest absolute Gasteiger partial charge is 0.462 e. The molecule has 3 aliphatic rings. The summed E-state index contributed by atoms with van der Waals surface area (Å²) in [5.41, 5.74) is 5.11. The molecule has 0 radical (unpaired) electrons. The molecule has 1 aliphatic heterocycles. The van der Waals surface area contributed by atoms with E-state index >= 15 is 0 Å². The van der Waals surface area contributed by atoms with Crippen LogP contribution < -0.4 is 0 Å². The van der Waals surface area contributed by atoms with Crippen molar-refractivity contribution in [1.82, 2.24) is 0 Å². The summed E-state index contributed by atoms with van der Waals surface area (Å²) in [7, 11) is 0. The van der Waals surface area contributed by atoms with Crippen molar-refractivity contribution in [3.63, 3.8) is 0 Å². The van der Waals surface area contributed by atoms with Gasteiger partial charge in [-0.3, -0.25) is 14.4 Å². The maximum Gasteiger partial charge on any atom is 0.306 e. The van der Waals surface area contributed by atoms with Crippen LogP contribution >= 0.6 is 0 Å². The van der Waals surface area contributed by atoms with Gasteiger partial charge in [-0.1, -0.05) is 225 Å².